The highest BCUT2D eigenvalue weighted by Crippen LogP contribution is 2.36. The number of phenolic OH excluding ortho intramolecular Hbond substituents is 1. The first-order valence-corrected chi connectivity index (χ1v) is 5.52. The molecule has 0 spiro atoms. The van der Waals surface area contributed by atoms with Crippen LogP contribution in [0.25, 0.3) is 0 Å². The summed E-state index contributed by atoms with van der Waals surface area (Å²) in [4.78, 5) is 11.1. The lowest BCUT2D eigenvalue weighted by atomic mass is 9.98. The number of esters is 1. The summed E-state index contributed by atoms with van der Waals surface area (Å²) in [7, 11) is 0. The molecule has 19 heavy (non-hydrogen) atoms. The normalized spacial score (nSPS) is 13.2. The van der Waals surface area contributed by atoms with Gasteiger partial charge in [-0.05, 0) is 19.4 Å². The predicted molar refractivity (Wildman–Crippen MR) is 61.3 cm³/mol. The number of rotatable bonds is 4. The minimum absolute atomic E-state index is 0.0768. The Kier molecular flexibility index (Phi) is 4.41. The zero-order valence-corrected chi connectivity index (χ0v) is 10.4. The smallest absolute Gasteiger partial charge is 0.379 e. The van der Waals surface area contributed by atoms with Crippen LogP contribution in [-0.2, 0) is 9.53 Å². The first kappa shape index (κ1) is 15.3. The van der Waals surface area contributed by atoms with Crippen molar-refractivity contribution in [3.05, 3.63) is 29.1 Å². The summed E-state index contributed by atoms with van der Waals surface area (Å²) in [5.74, 6) is -7.91. The predicted octanol–water partition coefficient (Wildman–Crippen LogP) is 2.04. The molecule has 1 atom stereocenters. The standard InChI is InChI=1S/C12H14F3NO3/c1-3-19-11(18)12(14,15)10(16)7-5-4-6(2)8(13)9(7)17/h4-5,10,17H,3,16H2,1-2H3/t10-/m1/s1. The quantitative estimate of drug-likeness (QED) is 0.826. The number of benzene rings is 1. The van der Waals surface area contributed by atoms with E-state index in [-0.39, 0.29) is 12.2 Å². The summed E-state index contributed by atoms with van der Waals surface area (Å²) in [6.45, 7) is 2.48. The molecule has 0 aliphatic carbocycles. The van der Waals surface area contributed by atoms with Gasteiger partial charge in [-0.1, -0.05) is 12.1 Å². The summed E-state index contributed by atoms with van der Waals surface area (Å²) in [5, 5.41) is 9.48. The minimum atomic E-state index is -4.06. The van der Waals surface area contributed by atoms with Crippen molar-refractivity contribution in [2.45, 2.75) is 25.8 Å². The fourth-order valence-corrected chi connectivity index (χ4v) is 1.48. The number of alkyl halides is 2. The van der Waals surface area contributed by atoms with Crippen molar-refractivity contribution in [2.24, 2.45) is 5.73 Å². The molecule has 0 aliphatic heterocycles. The summed E-state index contributed by atoms with van der Waals surface area (Å²) >= 11 is 0. The van der Waals surface area contributed by atoms with E-state index in [4.69, 9.17) is 5.73 Å². The Morgan fingerprint density at radius 2 is 2.11 bits per heavy atom. The van der Waals surface area contributed by atoms with Crippen LogP contribution in [0.3, 0.4) is 0 Å². The number of hydrogen-bond donors (Lipinski definition) is 2. The molecule has 0 aromatic heterocycles. The Hall–Kier alpha value is -1.76. The molecule has 0 saturated heterocycles. The molecule has 0 radical (unpaired) electrons. The fourth-order valence-electron chi connectivity index (χ4n) is 1.48. The third-order valence-corrected chi connectivity index (χ3v) is 2.61. The number of phenols is 1. The van der Waals surface area contributed by atoms with Gasteiger partial charge in [-0.15, -0.1) is 0 Å². The highest BCUT2D eigenvalue weighted by Gasteiger charge is 2.48. The third-order valence-electron chi connectivity index (χ3n) is 2.61. The van der Waals surface area contributed by atoms with Gasteiger partial charge >= 0.3 is 11.9 Å². The molecular formula is C12H14F3NO3. The molecule has 7 heteroatoms. The average Bonchev–Trinajstić information content (AvgIpc) is 2.35. The van der Waals surface area contributed by atoms with Gasteiger partial charge in [0.25, 0.3) is 0 Å². The molecule has 0 bridgehead atoms. The van der Waals surface area contributed by atoms with Crippen LogP contribution in [0.1, 0.15) is 24.1 Å². The molecule has 0 aliphatic rings. The second-order valence-electron chi connectivity index (χ2n) is 3.96. The second kappa shape index (κ2) is 5.48. The molecule has 1 aromatic rings. The van der Waals surface area contributed by atoms with Crippen molar-refractivity contribution in [1.29, 1.82) is 0 Å². The van der Waals surface area contributed by atoms with Crippen molar-refractivity contribution in [3.8, 4) is 5.75 Å². The maximum absolute atomic E-state index is 13.7. The first-order chi connectivity index (χ1) is 8.73. The molecular weight excluding hydrogens is 263 g/mol. The van der Waals surface area contributed by atoms with Crippen LogP contribution >= 0.6 is 0 Å². The minimum Gasteiger partial charge on any atom is -0.505 e. The Labute approximate surface area is 108 Å². The first-order valence-electron chi connectivity index (χ1n) is 5.52. The van der Waals surface area contributed by atoms with Gasteiger partial charge in [0.15, 0.2) is 11.6 Å². The van der Waals surface area contributed by atoms with Gasteiger partial charge in [0.2, 0.25) is 0 Å². The molecule has 1 aromatic carbocycles. The van der Waals surface area contributed by atoms with Crippen molar-refractivity contribution in [2.75, 3.05) is 6.61 Å². The van der Waals surface area contributed by atoms with Gasteiger partial charge in [0.1, 0.15) is 6.04 Å². The summed E-state index contributed by atoms with van der Waals surface area (Å²) < 4.78 is 44.9. The van der Waals surface area contributed by atoms with E-state index in [1.54, 1.807) is 0 Å². The molecule has 0 saturated carbocycles. The SMILES string of the molecule is CCOC(=O)C(F)(F)[C@H](N)c1ccc(C)c(F)c1O. The van der Waals surface area contributed by atoms with Crippen LogP contribution in [0, 0.1) is 12.7 Å². The molecule has 0 unspecified atom stereocenters. The molecule has 0 fully saturated rings. The average molecular weight is 277 g/mol. The van der Waals surface area contributed by atoms with Crippen LogP contribution in [-0.4, -0.2) is 23.6 Å². The topological polar surface area (TPSA) is 72.5 Å². The molecule has 106 valence electrons. The molecule has 3 N–H and O–H groups in total. The van der Waals surface area contributed by atoms with Crippen LogP contribution in [0.15, 0.2) is 12.1 Å². The van der Waals surface area contributed by atoms with Crippen LogP contribution in [0.5, 0.6) is 5.75 Å². The maximum atomic E-state index is 13.7. The highest BCUT2D eigenvalue weighted by atomic mass is 19.3. The number of aryl methyl sites for hydroxylation is 1. The molecule has 4 nitrogen and oxygen atoms in total. The van der Waals surface area contributed by atoms with E-state index in [1.807, 2.05) is 0 Å². The second-order valence-corrected chi connectivity index (χ2v) is 3.96. The third kappa shape index (κ3) is 2.81. The zero-order chi connectivity index (χ0) is 14.8. The summed E-state index contributed by atoms with van der Waals surface area (Å²) in [5.41, 5.74) is 4.77. The van der Waals surface area contributed by atoms with Gasteiger partial charge < -0.3 is 15.6 Å². The number of nitrogens with two attached hydrogens (primary N) is 1. The summed E-state index contributed by atoms with van der Waals surface area (Å²) in [6.07, 6.45) is 0. The van der Waals surface area contributed by atoms with Crippen molar-refractivity contribution in [3.63, 3.8) is 0 Å². The van der Waals surface area contributed by atoms with Gasteiger partial charge in [-0.2, -0.15) is 8.78 Å². The number of carbonyl (C=O) groups is 1. The monoisotopic (exact) mass is 277 g/mol. The van der Waals surface area contributed by atoms with E-state index >= 15 is 0 Å². The molecule has 0 amide bonds. The van der Waals surface area contributed by atoms with Crippen molar-refractivity contribution < 1.29 is 27.8 Å². The van der Waals surface area contributed by atoms with Crippen LogP contribution in [0.2, 0.25) is 0 Å². The number of halogens is 3. The Balaban J connectivity index is 3.16. The Morgan fingerprint density at radius 1 is 1.53 bits per heavy atom. The van der Waals surface area contributed by atoms with Gasteiger partial charge in [-0.3, -0.25) is 0 Å². The van der Waals surface area contributed by atoms with E-state index < -0.39 is 35.1 Å². The number of aromatic hydroxyl groups is 1. The Bertz CT molecular complexity index is 491. The molecule has 1 rings (SSSR count). The van der Waals surface area contributed by atoms with E-state index in [0.717, 1.165) is 6.07 Å². The van der Waals surface area contributed by atoms with Crippen LogP contribution < -0.4 is 5.73 Å². The largest absolute Gasteiger partial charge is 0.505 e. The number of carbonyl (C=O) groups excluding carboxylic acids is 1. The Morgan fingerprint density at radius 3 is 2.63 bits per heavy atom. The highest BCUT2D eigenvalue weighted by molar-refractivity contribution is 5.79. The van der Waals surface area contributed by atoms with E-state index in [0.29, 0.717) is 0 Å². The van der Waals surface area contributed by atoms with E-state index in [1.165, 1.54) is 19.9 Å². The lowest BCUT2D eigenvalue weighted by molar-refractivity contribution is -0.174. The number of ether oxygens (including phenoxy) is 1. The summed E-state index contributed by atoms with van der Waals surface area (Å²) in [6, 6.07) is 0.0402. The lowest BCUT2D eigenvalue weighted by Crippen LogP contribution is -2.41. The maximum Gasteiger partial charge on any atom is 0.379 e. The number of hydrogen-bond acceptors (Lipinski definition) is 4. The van der Waals surface area contributed by atoms with E-state index in [9.17, 15) is 23.1 Å². The van der Waals surface area contributed by atoms with Gasteiger partial charge in [0, 0.05) is 5.56 Å². The molecule has 0 heterocycles. The van der Waals surface area contributed by atoms with Crippen molar-refractivity contribution >= 4 is 5.97 Å². The van der Waals surface area contributed by atoms with Gasteiger partial charge in [0.05, 0.1) is 6.61 Å². The van der Waals surface area contributed by atoms with Crippen molar-refractivity contribution in [1.82, 2.24) is 0 Å². The zero-order valence-electron chi connectivity index (χ0n) is 10.4. The van der Waals surface area contributed by atoms with Gasteiger partial charge in [-0.25, -0.2) is 9.18 Å². The van der Waals surface area contributed by atoms with E-state index in [2.05, 4.69) is 4.74 Å². The van der Waals surface area contributed by atoms with Crippen LogP contribution in [0.4, 0.5) is 13.2 Å². The fraction of sp³-hybridized carbons (Fsp3) is 0.417. The lowest BCUT2D eigenvalue weighted by Gasteiger charge is -2.22.